The molecular formula is C21H22N2O4. The van der Waals surface area contributed by atoms with E-state index in [1.165, 1.54) is 0 Å². The summed E-state index contributed by atoms with van der Waals surface area (Å²) in [5.41, 5.74) is -0.723. The Morgan fingerprint density at radius 2 is 1.63 bits per heavy atom. The molecule has 0 radical (unpaired) electrons. The third-order valence-electron chi connectivity index (χ3n) is 4.67. The van der Waals surface area contributed by atoms with Crippen molar-refractivity contribution >= 4 is 11.9 Å². The number of nitro groups is 1. The zero-order chi connectivity index (χ0) is 19.7. The van der Waals surface area contributed by atoms with Crippen molar-refractivity contribution in [2.75, 3.05) is 6.54 Å². The highest BCUT2D eigenvalue weighted by molar-refractivity contribution is 6.03. The minimum absolute atomic E-state index is 0.292. The first kappa shape index (κ1) is 18.8. The molecule has 1 aliphatic rings. The Labute approximate surface area is 158 Å². The molecule has 2 unspecified atom stereocenters. The minimum Gasteiger partial charge on any atom is -0.409 e. The Balaban J connectivity index is 2.28. The van der Waals surface area contributed by atoms with E-state index in [1.807, 2.05) is 32.9 Å². The van der Waals surface area contributed by atoms with Gasteiger partial charge in [0.15, 0.2) is 5.54 Å². The van der Waals surface area contributed by atoms with E-state index in [9.17, 15) is 14.9 Å². The summed E-state index contributed by atoms with van der Waals surface area (Å²) in [6, 6.07) is 18.0. The van der Waals surface area contributed by atoms with Gasteiger partial charge in [0.2, 0.25) is 12.4 Å². The van der Waals surface area contributed by atoms with Crippen LogP contribution >= 0.6 is 0 Å². The minimum atomic E-state index is -1.49. The van der Waals surface area contributed by atoms with Gasteiger partial charge in [0, 0.05) is 10.3 Å². The molecule has 3 rings (SSSR count). The zero-order valence-corrected chi connectivity index (χ0v) is 15.6. The van der Waals surface area contributed by atoms with E-state index in [4.69, 9.17) is 9.73 Å². The molecule has 0 bridgehead atoms. The lowest BCUT2D eigenvalue weighted by molar-refractivity contribution is -0.485. The van der Waals surface area contributed by atoms with Gasteiger partial charge in [-0.3, -0.25) is 10.1 Å². The Hall–Kier alpha value is -3.02. The average molecular weight is 366 g/mol. The van der Waals surface area contributed by atoms with E-state index in [2.05, 4.69) is 0 Å². The largest absolute Gasteiger partial charge is 0.409 e. The van der Waals surface area contributed by atoms with Gasteiger partial charge in [-0.1, -0.05) is 81.4 Å². The monoisotopic (exact) mass is 366 g/mol. The first-order chi connectivity index (χ1) is 12.7. The second-order valence-electron chi connectivity index (χ2n) is 7.67. The molecule has 2 atom stereocenters. The maximum Gasteiger partial charge on any atom is 0.346 e. The second kappa shape index (κ2) is 6.95. The van der Waals surface area contributed by atoms with E-state index < -0.39 is 34.3 Å². The molecule has 0 saturated carbocycles. The van der Waals surface area contributed by atoms with Gasteiger partial charge in [0.05, 0.1) is 5.92 Å². The van der Waals surface area contributed by atoms with Gasteiger partial charge < -0.3 is 4.74 Å². The fourth-order valence-electron chi connectivity index (χ4n) is 3.32. The summed E-state index contributed by atoms with van der Waals surface area (Å²) in [5.74, 6) is -1.07. The van der Waals surface area contributed by atoms with Crippen molar-refractivity contribution in [2.24, 2.45) is 10.4 Å². The molecule has 1 aliphatic heterocycles. The summed E-state index contributed by atoms with van der Waals surface area (Å²) in [6.07, 6.45) is 0. The normalized spacial score (nSPS) is 20.7. The van der Waals surface area contributed by atoms with Crippen LogP contribution in [0.2, 0.25) is 0 Å². The molecule has 0 amide bonds. The predicted octanol–water partition coefficient (Wildman–Crippen LogP) is 3.94. The van der Waals surface area contributed by atoms with Crippen LogP contribution in [0.1, 0.15) is 37.8 Å². The molecule has 6 nitrogen and oxygen atoms in total. The Morgan fingerprint density at radius 1 is 1.07 bits per heavy atom. The molecule has 6 heteroatoms. The lowest BCUT2D eigenvalue weighted by atomic mass is 9.75. The van der Waals surface area contributed by atoms with Gasteiger partial charge in [-0.15, -0.1) is 0 Å². The topological polar surface area (TPSA) is 81.8 Å². The summed E-state index contributed by atoms with van der Waals surface area (Å²) < 4.78 is 5.57. The van der Waals surface area contributed by atoms with E-state index in [0.717, 1.165) is 0 Å². The van der Waals surface area contributed by atoms with Gasteiger partial charge >= 0.3 is 5.97 Å². The van der Waals surface area contributed by atoms with Crippen LogP contribution in [-0.2, 0) is 15.1 Å². The van der Waals surface area contributed by atoms with E-state index >= 15 is 0 Å². The number of nitrogens with zero attached hydrogens (tertiary/aromatic N) is 2. The Kier molecular flexibility index (Phi) is 4.83. The summed E-state index contributed by atoms with van der Waals surface area (Å²) in [5, 5.41) is 11.5. The van der Waals surface area contributed by atoms with Gasteiger partial charge in [-0.25, -0.2) is 9.79 Å². The number of hydrogen-bond donors (Lipinski definition) is 0. The average Bonchev–Trinajstić information content (AvgIpc) is 2.99. The van der Waals surface area contributed by atoms with Gasteiger partial charge in [-0.05, 0) is 11.1 Å². The predicted molar refractivity (Wildman–Crippen MR) is 102 cm³/mol. The molecule has 0 spiro atoms. The summed E-state index contributed by atoms with van der Waals surface area (Å²) >= 11 is 0. The Morgan fingerprint density at radius 3 is 2.11 bits per heavy atom. The number of esters is 1. The second-order valence-corrected chi connectivity index (χ2v) is 7.67. The van der Waals surface area contributed by atoms with Crippen molar-refractivity contribution in [2.45, 2.75) is 32.2 Å². The van der Waals surface area contributed by atoms with Crippen LogP contribution in [0.3, 0.4) is 0 Å². The van der Waals surface area contributed by atoms with E-state index in [1.54, 1.807) is 48.5 Å². The summed E-state index contributed by atoms with van der Waals surface area (Å²) in [6.45, 7) is 5.25. The summed E-state index contributed by atoms with van der Waals surface area (Å²) in [4.78, 5) is 29.0. The molecule has 27 heavy (non-hydrogen) atoms. The fraction of sp³-hybridized carbons (Fsp3) is 0.333. The van der Waals surface area contributed by atoms with Crippen LogP contribution in [0.15, 0.2) is 65.7 Å². The lowest BCUT2D eigenvalue weighted by Crippen LogP contribution is -2.41. The van der Waals surface area contributed by atoms with Gasteiger partial charge in [0.1, 0.15) is 0 Å². The molecular weight excluding hydrogens is 344 g/mol. The number of cyclic esters (lactones) is 1. The highest BCUT2D eigenvalue weighted by atomic mass is 16.6. The number of carbonyl (C=O) groups excluding carboxylic acids is 1. The Bertz CT molecular complexity index is 872. The summed E-state index contributed by atoms with van der Waals surface area (Å²) in [7, 11) is 0. The van der Waals surface area contributed by atoms with Gasteiger partial charge in [-0.2, -0.15) is 0 Å². The van der Waals surface area contributed by atoms with Crippen molar-refractivity contribution < 1.29 is 14.5 Å². The highest BCUT2D eigenvalue weighted by Crippen LogP contribution is 2.46. The zero-order valence-electron chi connectivity index (χ0n) is 15.6. The number of rotatable bonds is 5. The van der Waals surface area contributed by atoms with Crippen LogP contribution in [0, 0.1) is 15.5 Å². The fourth-order valence-corrected chi connectivity index (χ4v) is 3.32. The molecule has 0 aliphatic carbocycles. The molecule has 2 aromatic carbocycles. The molecule has 1 heterocycles. The lowest BCUT2D eigenvalue weighted by Gasteiger charge is -2.30. The van der Waals surface area contributed by atoms with E-state index in [-0.39, 0.29) is 0 Å². The van der Waals surface area contributed by atoms with Crippen LogP contribution in [0.4, 0.5) is 0 Å². The standard InChI is InChI=1S/C21H22N2O4/c1-20(2,3)18-22-21(19(24)27-18,16-12-8-5-9-13-16)17(14-23(25)26)15-10-6-4-7-11-15/h4-13,17H,14H2,1-3H3. The van der Waals surface area contributed by atoms with Crippen molar-refractivity contribution in [1.29, 1.82) is 0 Å². The maximum absolute atomic E-state index is 13.2. The maximum atomic E-state index is 13.2. The van der Waals surface area contributed by atoms with Crippen molar-refractivity contribution in [1.82, 2.24) is 0 Å². The van der Waals surface area contributed by atoms with E-state index in [0.29, 0.717) is 17.0 Å². The van der Waals surface area contributed by atoms with Crippen LogP contribution in [0.5, 0.6) is 0 Å². The first-order valence-corrected chi connectivity index (χ1v) is 8.80. The number of hydrogen-bond acceptors (Lipinski definition) is 5. The van der Waals surface area contributed by atoms with Crippen LogP contribution in [-0.4, -0.2) is 23.3 Å². The molecule has 0 N–H and O–H groups in total. The first-order valence-electron chi connectivity index (χ1n) is 8.80. The molecule has 0 aromatic heterocycles. The van der Waals surface area contributed by atoms with Gasteiger partial charge in [0.25, 0.3) is 0 Å². The number of ether oxygens (including phenoxy) is 1. The number of aliphatic imine (C=N–C) groups is 1. The SMILES string of the molecule is CC(C)(C)C1=NC(c2ccccc2)(C(C[N+](=O)[O-])c2ccccc2)C(=O)O1. The third-order valence-corrected chi connectivity index (χ3v) is 4.67. The van der Waals surface area contributed by atoms with Crippen molar-refractivity contribution in [3.05, 3.63) is 81.9 Å². The van der Waals surface area contributed by atoms with Crippen LogP contribution in [0.25, 0.3) is 0 Å². The number of carbonyl (C=O) groups is 1. The third kappa shape index (κ3) is 3.47. The quantitative estimate of drug-likeness (QED) is 0.456. The van der Waals surface area contributed by atoms with Crippen LogP contribution < -0.4 is 0 Å². The smallest absolute Gasteiger partial charge is 0.346 e. The van der Waals surface area contributed by atoms with Crippen molar-refractivity contribution in [3.8, 4) is 0 Å². The highest BCUT2D eigenvalue weighted by Gasteiger charge is 2.57. The number of benzene rings is 2. The molecule has 2 aromatic rings. The molecule has 140 valence electrons. The van der Waals surface area contributed by atoms with Crippen molar-refractivity contribution in [3.63, 3.8) is 0 Å². The molecule has 0 saturated heterocycles. The molecule has 0 fully saturated rings.